The van der Waals surface area contributed by atoms with Gasteiger partial charge in [-0.25, -0.2) is 0 Å². The molecule has 0 amide bonds. The van der Waals surface area contributed by atoms with Crippen molar-refractivity contribution in [3.05, 3.63) is 11.7 Å². The summed E-state index contributed by atoms with van der Waals surface area (Å²) in [6.45, 7) is 0.835. The van der Waals surface area contributed by atoms with E-state index in [1.54, 1.807) is 0 Å². The molecule has 4 nitrogen and oxygen atoms in total. The summed E-state index contributed by atoms with van der Waals surface area (Å²) < 4.78 is 40.7. The molecule has 0 aromatic carbocycles. The van der Waals surface area contributed by atoms with Gasteiger partial charge in [0, 0.05) is 0 Å². The van der Waals surface area contributed by atoms with Gasteiger partial charge in [0.05, 0.1) is 6.04 Å². The zero-order valence-corrected chi connectivity index (χ0v) is 7.84. The molecule has 1 N–H and O–H groups in total. The zero-order chi connectivity index (χ0) is 10.9. The Balaban J connectivity index is 2.03. The van der Waals surface area contributed by atoms with Crippen molar-refractivity contribution >= 4 is 0 Å². The van der Waals surface area contributed by atoms with Crippen LogP contribution in [-0.2, 0) is 6.42 Å². The summed E-state index contributed by atoms with van der Waals surface area (Å²) in [4.78, 5) is 3.72. The first kappa shape index (κ1) is 10.4. The minimum absolute atomic E-state index is 0.0838. The van der Waals surface area contributed by atoms with E-state index in [9.17, 15) is 13.2 Å². The third-order valence-corrected chi connectivity index (χ3v) is 2.20. The molecule has 1 aliphatic rings. The van der Waals surface area contributed by atoms with E-state index in [2.05, 4.69) is 15.5 Å². The van der Waals surface area contributed by atoms with Crippen molar-refractivity contribution in [1.82, 2.24) is 15.5 Å². The third kappa shape index (κ3) is 2.68. The Bertz CT molecular complexity index is 330. The smallest absolute Gasteiger partial charge is 0.338 e. The Labute approximate surface area is 83.8 Å². The van der Waals surface area contributed by atoms with E-state index in [4.69, 9.17) is 4.52 Å². The molecule has 1 aromatic heterocycles. The lowest BCUT2D eigenvalue weighted by Crippen LogP contribution is -2.14. The molecule has 84 valence electrons. The maximum atomic E-state index is 12.0. The second kappa shape index (κ2) is 3.80. The number of rotatable bonds is 2. The van der Waals surface area contributed by atoms with Crippen LogP contribution in [0.3, 0.4) is 0 Å². The fraction of sp³-hybridized carbons (Fsp3) is 0.750. The van der Waals surface area contributed by atoms with Crippen molar-refractivity contribution in [3.63, 3.8) is 0 Å². The Kier molecular flexibility index (Phi) is 2.64. The van der Waals surface area contributed by atoms with E-state index >= 15 is 0 Å². The highest BCUT2D eigenvalue weighted by Crippen LogP contribution is 2.23. The van der Waals surface area contributed by atoms with Gasteiger partial charge in [-0.05, 0) is 19.4 Å². The summed E-state index contributed by atoms with van der Waals surface area (Å²) in [6.07, 6.45) is -3.62. The number of halogens is 3. The predicted molar refractivity (Wildman–Crippen MR) is 44.0 cm³/mol. The van der Waals surface area contributed by atoms with Crippen molar-refractivity contribution in [2.45, 2.75) is 31.5 Å². The summed E-state index contributed by atoms with van der Waals surface area (Å²) in [5, 5.41) is 6.37. The molecule has 1 saturated heterocycles. The number of nitrogens with zero attached hydrogens (tertiary/aromatic N) is 2. The highest BCUT2D eigenvalue weighted by Gasteiger charge is 2.31. The summed E-state index contributed by atoms with van der Waals surface area (Å²) in [6, 6.07) is -0.0838. The molecule has 15 heavy (non-hydrogen) atoms. The fourth-order valence-electron chi connectivity index (χ4n) is 1.56. The van der Waals surface area contributed by atoms with Gasteiger partial charge in [-0.2, -0.15) is 18.2 Å². The second-order valence-electron chi connectivity index (χ2n) is 3.49. The number of aromatic nitrogens is 2. The van der Waals surface area contributed by atoms with Crippen LogP contribution in [0.2, 0.25) is 0 Å². The van der Waals surface area contributed by atoms with Crippen LogP contribution in [0.1, 0.15) is 30.6 Å². The summed E-state index contributed by atoms with van der Waals surface area (Å²) in [5.41, 5.74) is 0. The van der Waals surface area contributed by atoms with Crippen LogP contribution in [-0.4, -0.2) is 22.9 Å². The number of alkyl halides is 3. The zero-order valence-electron chi connectivity index (χ0n) is 7.84. The third-order valence-electron chi connectivity index (χ3n) is 2.20. The van der Waals surface area contributed by atoms with E-state index in [0.29, 0.717) is 0 Å². The molecule has 1 aliphatic heterocycles. The number of nitrogens with one attached hydrogen (secondary N) is 1. The maximum Gasteiger partial charge on any atom is 0.396 e. The molecule has 0 spiro atoms. The lowest BCUT2D eigenvalue weighted by Gasteiger charge is -2.02. The van der Waals surface area contributed by atoms with Gasteiger partial charge in [0.25, 0.3) is 0 Å². The Hall–Kier alpha value is -1.11. The maximum absolute atomic E-state index is 12.0. The molecule has 0 aliphatic carbocycles. The van der Waals surface area contributed by atoms with Gasteiger partial charge in [-0.15, -0.1) is 0 Å². The highest BCUT2D eigenvalue weighted by molar-refractivity contribution is 4.96. The number of hydrogen-bond acceptors (Lipinski definition) is 4. The minimum atomic E-state index is -4.29. The highest BCUT2D eigenvalue weighted by atomic mass is 19.4. The average molecular weight is 221 g/mol. The van der Waals surface area contributed by atoms with Crippen LogP contribution in [0.4, 0.5) is 13.2 Å². The van der Waals surface area contributed by atoms with Gasteiger partial charge in [0.2, 0.25) is 5.89 Å². The van der Waals surface area contributed by atoms with Crippen LogP contribution in [0.25, 0.3) is 0 Å². The first-order chi connectivity index (χ1) is 7.04. The van der Waals surface area contributed by atoms with Gasteiger partial charge >= 0.3 is 6.18 Å². The molecule has 1 aromatic rings. The molecule has 1 fully saturated rings. The fourth-order valence-corrected chi connectivity index (χ4v) is 1.56. The molecule has 0 radical (unpaired) electrons. The van der Waals surface area contributed by atoms with Crippen molar-refractivity contribution < 1.29 is 17.7 Å². The van der Waals surface area contributed by atoms with Crippen molar-refractivity contribution in [1.29, 1.82) is 0 Å². The molecular formula is C8H10F3N3O. The van der Waals surface area contributed by atoms with Crippen LogP contribution in [0, 0.1) is 0 Å². The quantitative estimate of drug-likeness (QED) is 0.824. The Morgan fingerprint density at radius 1 is 1.47 bits per heavy atom. The van der Waals surface area contributed by atoms with E-state index in [1.807, 2.05) is 0 Å². The topological polar surface area (TPSA) is 51.0 Å². The van der Waals surface area contributed by atoms with Gasteiger partial charge in [-0.3, -0.25) is 0 Å². The van der Waals surface area contributed by atoms with Crippen molar-refractivity contribution in [2.24, 2.45) is 0 Å². The molecular weight excluding hydrogens is 211 g/mol. The van der Waals surface area contributed by atoms with Gasteiger partial charge in [0.1, 0.15) is 6.42 Å². The van der Waals surface area contributed by atoms with Crippen LogP contribution < -0.4 is 5.32 Å². The van der Waals surface area contributed by atoms with Crippen LogP contribution in [0.5, 0.6) is 0 Å². The predicted octanol–water partition coefficient (Wildman–Crippen LogP) is 1.60. The standard InChI is InChI=1S/C8H10F3N3O/c9-8(10,11)4-6-13-7(15-14-6)5-2-1-3-12-5/h5,12H,1-4H2/t5-/m1/s1. The molecule has 2 rings (SSSR count). The summed E-state index contributed by atoms with van der Waals surface area (Å²) in [5.74, 6) is -0.0436. The van der Waals surface area contributed by atoms with Crippen LogP contribution in [0.15, 0.2) is 4.52 Å². The Morgan fingerprint density at radius 3 is 2.87 bits per heavy atom. The lowest BCUT2D eigenvalue weighted by molar-refractivity contribution is -0.128. The normalized spacial score (nSPS) is 22.2. The summed E-state index contributed by atoms with van der Waals surface area (Å²) in [7, 11) is 0. The van der Waals surface area contributed by atoms with Crippen LogP contribution >= 0.6 is 0 Å². The molecule has 0 saturated carbocycles. The van der Waals surface area contributed by atoms with Crippen molar-refractivity contribution in [2.75, 3.05) is 6.54 Å². The largest absolute Gasteiger partial charge is 0.396 e. The van der Waals surface area contributed by atoms with E-state index in [1.165, 1.54) is 0 Å². The molecule has 1 atom stereocenters. The van der Waals surface area contributed by atoms with Gasteiger partial charge < -0.3 is 9.84 Å². The lowest BCUT2D eigenvalue weighted by atomic mass is 10.2. The Morgan fingerprint density at radius 2 is 2.27 bits per heavy atom. The second-order valence-corrected chi connectivity index (χ2v) is 3.49. The molecule has 2 heterocycles. The SMILES string of the molecule is FC(F)(F)Cc1noc([C@H]2CCCN2)n1. The first-order valence-electron chi connectivity index (χ1n) is 4.67. The van der Waals surface area contributed by atoms with Gasteiger partial charge in [-0.1, -0.05) is 5.16 Å². The van der Waals surface area contributed by atoms with Crippen molar-refractivity contribution in [3.8, 4) is 0 Å². The molecule has 7 heteroatoms. The monoisotopic (exact) mass is 221 g/mol. The average Bonchev–Trinajstić information content (AvgIpc) is 2.68. The number of hydrogen-bond donors (Lipinski definition) is 1. The van der Waals surface area contributed by atoms with E-state index < -0.39 is 12.6 Å². The minimum Gasteiger partial charge on any atom is -0.338 e. The first-order valence-corrected chi connectivity index (χ1v) is 4.67. The van der Waals surface area contributed by atoms with E-state index in [-0.39, 0.29) is 17.8 Å². The molecule has 0 bridgehead atoms. The van der Waals surface area contributed by atoms with E-state index in [0.717, 1.165) is 19.4 Å². The summed E-state index contributed by atoms with van der Waals surface area (Å²) >= 11 is 0. The molecule has 0 unspecified atom stereocenters. The van der Waals surface area contributed by atoms with Gasteiger partial charge in [0.15, 0.2) is 5.82 Å².